The molecule has 0 bridgehead atoms. The van der Waals surface area contributed by atoms with Crippen LogP contribution < -0.4 is 10.1 Å². The molecule has 2 aromatic rings. The minimum atomic E-state index is -2.83. The number of halogens is 3. The molecule has 2 nitrogen and oxygen atoms in total. The Labute approximate surface area is 112 Å². The number of nitrogens with one attached hydrogen (secondary N) is 1. The van der Waals surface area contributed by atoms with E-state index in [2.05, 4.69) is 10.1 Å². The van der Waals surface area contributed by atoms with Gasteiger partial charge in [-0.05, 0) is 23.6 Å². The topological polar surface area (TPSA) is 21.3 Å². The summed E-state index contributed by atoms with van der Waals surface area (Å²) in [6.45, 7) is -2.36. The number of thiophene rings is 1. The Morgan fingerprint density at radius 1 is 1.28 bits per heavy atom. The van der Waals surface area contributed by atoms with Crippen molar-refractivity contribution in [2.75, 3.05) is 5.32 Å². The summed E-state index contributed by atoms with van der Waals surface area (Å²) in [6, 6.07) is 8.35. The van der Waals surface area contributed by atoms with Gasteiger partial charge in [-0.2, -0.15) is 8.78 Å². The number of rotatable bonds is 5. The molecule has 2 rings (SSSR count). The van der Waals surface area contributed by atoms with E-state index in [1.807, 2.05) is 5.38 Å². The molecule has 0 fully saturated rings. The lowest BCUT2D eigenvalue weighted by Crippen LogP contribution is -2.06. The molecule has 1 aromatic heterocycles. The van der Waals surface area contributed by atoms with Gasteiger partial charge in [0.05, 0.1) is 17.3 Å². The molecule has 0 aliphatic heterocycles. The fourth-order valence-corrected chi connectivity index (χ4v) is 2.48. The lowest BCUT2D eigenvalue weighted by Gasteiger charge is -2.12. The van der Waals surface area contributed by atoms with Gasteiger partial charge in [0.25, 0.3) is 0 Å². The SMILES string of the molecule is FC(F)Oc1ccccc1NCc1sccc1Cl. The van der Waals surface area contributed by atoms with E-state index in [0.29, 0.717) is 17.3 Å². The molecule has 0 spiro atoms. The van der Waals surface area contributed by atoms with E-state index in [1.54, 1.807) is 24.3 Å². The highest BCUT2D eigenvalue weighted by atomic mass is 35.5. The Morgan fingerprint density at radius 3 is 2.72 bits per heavy atom. The van der Waals surface area contributed by atoms with E-state index in [4.69, 9.17) is 11.6 Å². The van der Waals surface area contributed by atoms with Crippen LogP contribution in [-0.4, -0.2) is 6.61 Å². The van der Waals surface area contributed by atoms with E-state index >= 15 is 0 Å². The van der Waals surface area contributed by atoms with Gasteiger partial charge < -0.3 is 10.1 Å². The van der Waals surface area contributed by atoms with Gasteiger partial charge in [0.1, 0.15) is 5.75 Å². The number of ether oxygens (including phenoxy) is 1. The Hall–Kier alpha value is -1.33. The Bertz CT molecular complexity index is 518. The highest BCUT2D eigenvalue weighted by molar-refractivity contribution is 7.10. The molecule has 0 radical (unpaired) electrons. The maximum absolute atomic E-state index is 12.2. The van der Waals surface area contributed by atoms with Gasteiger partial charge in [0.2, 0.25) is 0 Å². The standard InChI is InChI=1S/C12H10ClF2NOS/c13-8-5-6-18-11(8)7-16-9-3-1-2-4-10(9)17-12(14)15/h1-6,12,16H,7H2. The summed E-state index contributed by atoms with van der Waals surface area (Å²) in [5, 5.41) is 5.57. The molecule has 1 aromatic carbocycles. The van der Waals surface area contributed by atoms with Gasteiger partial charge in [-0.25, -0.2) is 0 Å². The van der Waals surface area contributed by atoms with Gasteiger partial charge >= 0.3 is 6.61 Å². The number of anilines is 1. The molecular weight excluding hydrogens is 280 g/mol. The molecular formula is C12H10ClF2NOS. The van der Waals surface area contributed by atoms with Crippen molar-refractivity contribution in [1.29, 1.82) is 0 Å². The molecule has 0 aliphatic rings. The third-order valence-electron chi connectivity index (χ3n) is 2.23. The first kappa shape index (κ1) is 13.1. The van der Waals surface area contributed by atoms with Crippen LogP contribution in [0.1, 0.15) is 4.88 Å². The number of hydrogen-bond acceptors (Lipinski definition) is 3. The fourth-order valence-electron chi connectivity index (χ4n) is 1.44. The van der Waals surface area contributed by atoms with Crippen LogP contribution in [0.25, 0.3) is 0 Å². The van der Waals surface area contributed by atoms with Crippen LogP contribution >= 0.6 is 22.9 Å². The van der Waals surface area contributed by atoms with E-state index in [-0.39, 0.29) is 5.75 Å². The second-order valence-corrected chi connectivity index (χ2v) is 4.83. The highest BCUT2D eigenvalue weighted by Crippen LogP contribution is 2.28. The smallest absolute Gasteiger partial charge is 0.387 e. The number of alkyl halides is 2. The van der Waals surface area contributed by atoms with Gasteiger partial charge in [-0.15, -0.1) is 11.3 Å². The van der Waals surface area contributed by atoms with E-state index in [1.165, 1.54) is 17.4 Å². The van der Waals surface area contributed by atoms with Crippen LogP contribution in [0.4, 0.5) is 14.5 Å². The minimum absolute atomic E-state index is 0.125. The quantitative estimate of drug-likeness (QED) is 0.867. The van der Waals surface area contributed by atoms with Crippen molar-refractivity contribution >= 4 is 28.6 Å². The van der Waals surface area contributed by atoms with Crippen LogP contribution in [-0.2, 0) is 6.54 Å². The summed E-state index contributed by atoms with van der Waals surface area (Å²) in [4.78, 5) is 0.948. The van der Waals surface area contributed by atoms with Gasteiger partial charge in [-0.1, -0.05) is 23.7 Å². The van der Waals surface area contributed by atoms with Gasteiger partial charge in [0.15, 0.2) is 0 Å². The molecule has 0 saturated heterocycles. The monoisotopic (exact) mass is 289 g/mol. The van der Waals surface area contributed by atoms with Gasteiger partial charge in [0, 0.05) is 4.88 Å². The molecule has 0 amide bonds. The van der Waals surface area contributed by atoms with E-state index < -0.39 is 6.61 Å². The zero-order chi connectivity index (χ0) is 13.0. The van der Waals surface area contributed by atoms with Crippen molar-refractivity contribution in [1.82, 2.24) is 0 Å². The molecule has 1 N–H and O–H groups in total. The summed E-state index contributed by atoms with van der Waals surface area (Å²) in [5.74, 6) is 0.125. The van der Waals surface area contributed by atoms with Crippen molar-refractivity contribution < 1.29 is 13.5 Å². The number of benzene rings is 1. The third-order valence-corrected chi connectivity index (χ3v) is 3.62. The Kier molecular flexibility index (Phi) is 4.38. The lowest BCUT2D eigenvalue weighted by atomic mass is 10.3. The van der Waals surface area contributed by atoms with Crippen LogP contribution in [0.5, 0.6) is 5.75 Å². The molecule has 1 heterocycles. The van der Waals surface area contributed by atoms with Crippen molar-refractivity contribution in [2.45, 2.75) is 13.2 Å². The molecule has 18 heavy (non-hydrogen) atoms. The number of para-hydroxylation sites is 2. The summed E-state index contributed by atoms with van der Waals surface area (Å²) < 4.78 is 28.8. The Morgan fingerprint density at radius 2 is 2.06 bits per heavy atom. The molecule has 0 saturated carbocycles. The normalized spacial score (nSPS) is 10.7. The fraction of sp³-hybridized carbons (Fsp3) is 0.167. The first-order valence-corrected chi connectivity index (χ1v) is 6.42. The maximum atomic E-state index is 12.2. The highest BCUT2D eigenvalue weighted by Gasteiger charge is 2.09. The molecule has 0 atom stereocenters. The maximum Gasteiger partial charge on any atom is 0.387 e. The van der Waals surface area contributed by atoms with Crippen molar-refractivity contribution in [2.24, 2.45) is 0 Å². The predicted molar refractivity (Wildman–Crippen MR) is 69.7 cm³/mol. The third kappa shape index (κ3) is 3.34. The van der Waals surface area contributed by atoms with Crippen molar-refractivity contribution in [3.63, 3.8) is 0 Å². The zero-order valence-electron chi connectivity index (χ0n) is 9.20. The molecule has 6 heteroatoms. The molecule has 0 unspecified atom stereocenters. The van der Waals surface area contributed by atoms with E-state index in [0.717, 1.165) is 4.88 Å². The van der Waals surface area contributed by atoms with Crippen LogP contribution in [0.15, 0.2) is 35.7 Å². The van der Waals surface area contributed by atoms with Crippen LogP contribution in [0.2, 0.25) is 5.02 Å². The first-order valence-electron chi connectivity index (χ1n) is 5.16. The van der Waals surface area contributed by atoms with Crippen molar-refractivity contribution in [3.05, 3.63) is 45.6 Å². The lowest BCUT2D eigenvalue weighted by molar-refractivity contribution is -0.0493. The first-order chi connectivity index (χ1) is 8.66. The van der Waals surface area contributed by atoms with Crippen molar-refractivity contribution in [3.8, 4) is 5.75 Å². The van der Waals surface area contributed by atoms with Crippen LogP contribution in [0, 0.1) is 0 Å². The summed E-state index contributed by atoms with van der Waals surface area (Å²) in [7, 11) is 0. The van der Waals surface area contributed by atoms with Crippen LogP contribution in [0.3, 0.4) is 0 Å². The Balaban J connectivity index is 2.07. The van der Waals surface area contributed by atoms with Gasteiger partial charge in [-0.3, -0.25) is 0 Å². The molecule has 96 valence electrons. The molecule has 0 aliphatic carbocycles. The summed E-state index contributed by atoms with van der Waals surface area (Å²) in [6.07, 6.45) is 0. The van der Waals surface area contributed by atoms with E-state index in [9.17, 15) is 8.78 Å². The minimum Gasteiger partial charge on any atom is -0.433 e. The largest absolute Gasteiger partial charge is 0.433 e. The number of hydrogen-bond donors (Lipinski definition) is 1. The second kappa shape index (κ2) is 6.02. The summed E-state index contributed by atoms with van der Waals surface area (Å²) in [5.41, 5.74) is 0.516. The average molecular weight is 290 g/mol. The predicted octanol–water partition coefficient (Wildman–Crippen LogP) is 4.62. The summed E-state index contributed by atoms with van der Waals surface area (Å²) >= 11 is 7.45. The average Bonchev–Trinajstić information content (AvgIpc) is 2.73. The zero-order valence-corrected chi connectivity index (χ0v) is 10.8. The second-order valence-electron chi connectivity index (χ2n) is 3.42.